The van der Waals surface area contributed by atoms with Gasteiger partial charge in [-0.3, -0.25) is 9.59 Å². The van der Waals surface area contributed by atoms with Crippen molar-refractivity contribution in [2.24, 2.45) is 34.5 Å². The molecule has 4 rings (SSSR count). The van der Waals surface area contributed by atoms with Gasteiger partial charge >= 0.3 is 0 Å². The first-order chi connectivity index (χ1) is 12.6. The zero-order chi connectivity index (χ0) is 19.7. The molecule has 0 aliphatic heterocycles. The second-order valence-corrected chi connectivity index (χ2v) is 10.4. The van der Waals surface area contributed by atoms with Gasteiger partial charge < -0.3 is 10.6 Å². The highest BCUT2D eigenvalue weighted by Crippen LogP contribution is 2.68. The second kappa shape index (κ2) is 5.96. The Bertz CT molecular complexity index is 707. The number of allylic oxidation sites excluding steroid dienone is 4. The lowest BCUT2D eigenvalue weighted by molar-refractivity contribution is -0.116. The van der Waals surface area contributed by atoms with Crippen molar-refractivity contribution in [1.29, 1.82) is 0 Å². The van der Waals surface area contributed by atoms with Gasteiger partial charge in [0.1, 0.15) is 0 Å². The largest absolute Gasteiger partial charge is 0.388 e. The van der Waals surface area contributed by atoms with E-state index in [0.717, 1.165) is 54.9 Å². The first-order valence-corrected chi connectivity index (χ1v) is 10.5. The molecular formula is C23H34N2O2. The van der Waals surface area contributed by atoms with Crippen LogP contribution in [0, 0.1) is 34.5 Å². The second-order valence-electron chi connectivity index (χ2n) is 10.4. The maximum absolute atomic E-state index is 12.2. The van der Waals surface area contributed by atoms with E-state index in [9.17, 15) is 9.59 Å². The molecule has 0 saturated heterocycles. The fraction of sp³-hybridized carbons (Fsp3) is 0.739. The summed E-state index contributed by atoms with van der Waals surface area (Å²) in [4.78, 5) is 24.5. The Labute approximate surface area is 163 Å². The van der Waals surface area contributed by atoms with E-state index >= 15 is 0 Å². The molecule has 4 saturated carbocycles. The van der Waals surface area contributed by atoms with E-state index in [1.165, 1.54) is 0 Å². The summed E-state index contributed by atoms with van der Waals surface area (Å²) < 4.78 is 0. The number of hydrogen-bond acceptors (Lipinski definition) is 4. The number of fused-ring (bicyclic) bond motifs is 2. The van der Waals surface area contributed by atoms with E-state index < -0.39 is 0 Å². The molecule has 4 atom stereocenters. The van der Waals surface area contributed by atoms with Crippen LogP contribution in [-0.4, -0.2) is 24.7 Å². The van der Waals surface area contributed by atoms with Crippen LogP contribution in [0.15, 0.2) is 22.5 Å². The minimum atomic E-state index is 0.305. The van der Waals surface area contributed by atoms with Crippen LogP contribution in [0.3, 0.4) is 0 Å². The summed E-state index contributed by atoms with van der Waals surface area (Å²) in [7, 11) is 0. The van der Waals surface area contributed by atoms with Crippen molar-refractivity contribution in [3.8, 4) is 0 Å². The van der Waals surface area contributed by atoms with Crippen molar-refractivity contribution < 1.29 is 9.59 Å². The predicted octanol–water partition coefficient (Wildman–Crippen LogP) is 3.59. The average Bonchev–Trinajstić information content (AvgIpc) is 3.08. The summed E-state index contributed by atoms with van der Waals surface area (Å²) in [5.74, 6) is 2.74. The van der Waals surface area contributed by atoms with Gasteiger partial charge in [-0.2, -0.15) is 0 Å². The van der Waals surface area contributed by atoms with E-state index in [4.69, 9.17) is 0 Å². The molecule has 4 unspecified atom stereocenters. The molecule has 0 aromatic rings. The lowest BCUT2D eigenvalue weighted by Gasteiger charge is -2.16. The zero-order valence-corrected chi connectivity index (χ0v) is 17.7. The molecule has 0 heterocycles. The number of nitrogens with one attached hydrogen (secondary N) is 2. The molecule has 0 aromatic heterocycles. The van der Waals surface area contributed by atoms with E-state index in [1.807, 2.05) is 0 Å². The lowest BCUT2D eigenvalue weighted by atomic mass is 9.95. The highest BCUT2D eigenvalue weighted by molar-refractivity contribution is 6.01. The highest BCUT2D eigenvalue weighted by atomic mass is 16.1. The summed E-state index contributed by atoms with van der Waals surface area (Å²) in [6.45, 7) is 14.9. The highest BCUT2D eigenvalue weighted by Gasteiger charge is 2.66. The van der Waals surface area contributed by atoms with Gasteiger partial charge in [-0.05, 0) is 54.8 Å². The summed E-state index contributed by atoms with van der Waals surface area (Å²) in [5.41, 5.74) is 4.85. The number of ketones is 2. The molecule has 148 valence electrons. The third kappa shape index (κ3) is 2.78. The molecule has 0 aromatic carbocycles. The number of Topliss-reactive ketones (excluding diaryl/α,β-unsaturated/α-hetero) is 2. The smallest absolute Gasteiger partial charge is 0.161 e. The SMILES string of the molecule is CC(NCCCNC(C)=C1C(=O)CC2C1C2(C)C)=C1C(=O)CC2C1C2(C)C. The van der Waals surface area contributed by atoms with Crippen molar-refractivity contribution in [2.45, 2.75) is 60.8 Å². The molecule has 4 heteroatoms. The van der Waals surface area contributed by atoms with Crippen molar-refractivity contribution >= 4 is 11.6 Å². The van der Waals surface area contributed by atoms with Gasteiger partial charge in [-0.25, -0.2) is 0 Å². The fourth-order valence-electron chi connectivity index (χ4n) is 6.08. The Morgan fingerprint density at radius 1 is 0.815 bits per heavy atom. The summed E-state index contributed by atoms with van der Waals surface area (Å²) in [6.07, 6.45) is 2.42. The van der Waals surface area contributed by atoms with Crippen LogP contribution in [0.1, 0.15) is 60.8 Å². The van der Waals surface area contributed by atoms with Crippen molar-refractivity contribution in [1.82, 2.24) is 10.6 Å². The maximum atomic E-state index is 12.2. The van der Waals surface area contributed by atoms with Gasteiger partial charge in [0.25, 0.3) is 0 Å². The van der Waals surface area contributed by atoms with Crippen LogP contribution in [0.4, 0.5) is 0 Å². The molecule has 0 radical (unpaired) electrons. The van der Waals surface area contributed by atoms with E-state index in [2.05, 4.69) is 52.2 Å². The molecule has 2 N–H and O–H groups in total. The molecule has 0 amide bonds. The third-order valence-electron chi connectivity index (χ3n) is 8.08. The Hall–Kier alpha value is -1.58. The van der Waals surface area contributed by atoms with Gasteiger partial charge in [0.2, 0.25) is 0 Å². The maximum Gasteiger partial charge on any atom is 0.161 e. The molecule has 27 heavy (non-hydrogen) atoms. The Balaban J connectivity index is 1.27. The predicted molar refractivity (Wildman–Crippen MR) is 107 cm³/mol. The summed E-state index contributed by atoms with van der Waals surface area (Å²) >= 11 is 0. The van der Waals surface area contributed by atoms with Crippen LogP contribution < -0.4 is 10.6 Å². The monoisotopic (exact) mass is 370 g/mol. The third-order valence-corrected chi connectivity index (χ3v) is 8.08. The standard InChI is InChI=1S/C23H34N2O2/c1-12(18-16(26)10-14-20(18)22(14,3)4)24-8-7-9-25-13(2)19-17(27)11-15-21(19)23(15,5)6/h14-15,20-21,24-25H,7-11H2,1-6H3. The molecule has 4 nitrogen and oxygen atoms in total. The van der Waals surface area contributed by atoms with Crippen LogP contribution >= 0.6 is 0 Å². The van der Waals surface area contributed by atoms with E-state index in [1.54, 1.807) is 0 Å². The average molecular weight is 371 g/mol. The van der Waals surface area contributed by atoms with Gasteiger partial charge in [0.05, 0.1) is 0 Å². The Morgan fingerprint density at radius 2 is 1.19 bits per heavy atom. The molecule has 4 fully saturated rings. The molecule has 0 spiro atoms. The lowest BCUT2D eigenvalue weighted by Crippen LogP contribution is -2.24. The van der Waals surface area contributed by atoms with Crippen molar-refractivity contribution in [2.75, 3.05) is 13.1 Å². The quantitative estimate of drug-likeness (QED) is 0.554. The van der Waals surface area contributed by atoms with Crippen LogP contribution in [-0.2, 0) is 9.59 Å². The minimum Gasteiger partial charge on any atom is -0.388 e. The summed E-state index contributed by atoms with van der Waals surface area (Å²) in [6, 6.07) is 0. The van der Waals surface area contributed by atoms with E-state index in [0.29, 0.717) is 46.1 Å². The Morgan fingerprint density at radius 3 is 1.52 bits per heavy atom. The number of rotatable bonds is 6. The molecule has 0 bridgehead atoms. The van der Waals surface area contributed by atoms with Gasteiger partial charge in [0.15, 0.2) is 11.6 Å². The van der Waals surface area contributed by atoms with Gasteiger partial charge in [-0.1, -0.05) is 27.7 Å². The minimum absolute atomic E-state index is 0.305. The number of carbonyl (C=O) groups excluding carboxylic acids is 2. The molecule has 4 aliphatic carbocycles. The first kappa shape index (κ1) is 18.8. The van der Waals surface area contributed by atoms with E-state index in [-0.39, 0.29) is 0 Å². The zero-order valence-electron chi connectivity index (χ0n) is 17.7. The molecule has 4 aliphatic rings. The van der Waals surface area contributed by atoms with Crippen molar-refractivity contribution in [3.05, 3.63) is 22.5 Å². The van der Waals surface area contributed by atoms with Gasteiger partial charge in [-0.15, -0.1) is 0 Å². The van der Waals surface area contributed by atoms with Crippen molar-refractivity contribution in [3.63, 3.8) is 0 Å². The topological polar surface area (TPSA) is 58.2 Å². The van der Waals surface area contributed by atoms with Crippen LogP contribution in [0.5, 0.6) is 0 Å². The summed E-state index contributed by atoms with van der Waals surface area (Å²) in [5, 5.41) is 6.94. The fourth-order valence-corrected chi connectivity index (χ4v) is 6.08. The Kier molecular flexibility index (Phi) is 4.14. The van der Waals surface area contributed by atoms with Crippen LogP contribution in [0.2, 0.25) is 0 Å². The first-order valence-electron chi connectivity index (χ1n) is 10.5. The normalized spacial score (nSPS) is 38.3. The molecular weight excluding hydrogens is 336 g/mol. The number of hydrogen-bond donors (Lipinski definition) is 2. The number of carbonyl (C=O) groups is 2. The van der Waals surface area contributed by atoms with Crippen LogP contribution in [0.25, 0.3) is 0 Å². The van der Waals surface area contributed by atoms with Gasteiger partial charge in [0, 0.05) is 48.5 Å².